The van der Waals surface area contributed by atoms with Gasteiger partial charge in [-0.15, -0.1) is 0 Å². The van der Waals surface area contributed by atoms with E-state index in [1.165, 1.54) is 18.2 Å². The summed E-state index contributed by atoms with van der Waals surface area (Å²) in [4.78, 5) is 15.9. The number of nitrogens with zero attached hydrogens (tertiary/aromatic N) is 1. The monoisotopic (exact) mass is 375 g/mol. The fourth-order valence-electron chi connectivity index (χ4n) is 2.87. The van der Waals surface area contributed by atoms with Gasteiger partial charge in [0.1, 0.15) is 0 Å². The zero-order chi connectivity index (χ0) is 18.1. The van der Waals surface area contributed by atoms with E-state index in [2.05, 4.69) is 14.6 Å². The van der Waals surface area contributed by atoms with Crippen molar-refractivity contribution in [2.75, 3.05) is 35.9 Å². The molecule has 0 spiro atoms. The molecule has 0 unspecified atom stereocenters. The average Bonchev–Trinajstić information content (AvgIpc) is 3.02. The zero-order valence-corrected chi connectivity index (χ0v) is 14.6. The van der Waals surface area contributed by atoms with Crippen molar-refractivity contribution < 1.29 is 17.6 Å². The van der Waals surface area contributed by atoms with Gasteiger partial charge in [0.15, 0.2) is 5.58 Å². The predicted molar refractivity (Wildman–Crippen MR) is 97.1 cm³/mol. The summed E-state index contributed by atoms with van der Waals surface area (Å²) in [5.74, 6) is -0.624. The molecule has 0 saturated carbocycles. The van der Waals surface area contributed by atoms with Crippen LogP contribution in [0.1, 0.15) is 0 Å². The molecule has 0 radical (unpaired) electrons. The Hall–Kier alpha value is -2.78. The molecule has 2 aromatic carbocycles. The quantitative estimate of drug-likeness (QED) is 0.720. The highest BCUT2D eigenvalue weighted by molar-refractivity contribution is 7.92. The van der Waals surface area contributed by atoms with Gasteiger partial charge in [0.2, 0.25) is 0 Å². The van der Waals surface area contributed by atoms with Crippen LogP contribution >= 0.6 is 0 Å². The number of aromatic amines is 1. The van der Waals surface area contributed by atoms with Crippen molar-refractivity contribution >= 4 is 32.5 Å². The molecule has 0 aliphatic carbocycles. The minimum absolute atomic E-state index is 0.0185. The van der Waals surface area contributed by atoms with E-state index in [4.69, 9.17) is 9.15 Å². The predicted octanol–water partition coefficient (Wildman–Crippen LogP) is 1.76. The lowest BCUT2D eigenvalue weighted by Crippen LogP contribution is -2.36. The van der Waals surface area contributed by atoms with Crippen LogP contribution in [0.25, 0.3) is 11.1 Å². The third-order valence-electron chi connectivity index (χ3n) is 4.20. The van der Waals surface area contributed by atoms with Gasteiger partial charge in [-0.2, -0.15) is 0 Å². The fraction of sp³-hybridized carbons (Fsp3) is 0.235. The summed E-state index contributed by atoms with van der Waals surface area (Å²) >= 11 is 0. The second kappa shape index (κ2) is 6.50. The van der Waals surface area contributed by atoms with Gasteiger partial charge in [0.05, 0.1) is 23.6 Å². The number of benzene rings is 2. The molecule has 3 aromatic rings. The van der Waals surface area contributed by atoms with Crippen LogP contribution in [0, 0.1) is 0 Å². The summed E-state index contributed by atoms with van der Waals surface area (Å²) in [6, 6.07) is 11.4. The molecule has 2 N–H and O–H groups in total. The molecule has 1 aromatic heterocycles. The normalized spacial score (nSPS) is 15.3. The maximum Gasteiger partial charge on any atom is 0.417 e. The summed E-state index contributed by atoms with van der Waals surface area (Å²) in [6.45, 7) is 3.00. The topological polar surface area (TPSA) is 105 Å². The average molecular weight is 375 g/mol. The number of sulfonamides is 1. The first-order valence-electron chi connectivity index (χ1n) is 8.10. The number of anilines is 2. The van der Waals surface area contributed by atoms with Crippen LogP contribution in [0.15, 0.2) is 56.6 Å². The molecule has 2 heterocycles. The Morgan fingerprint density at radius 2 is 1.77 bits per heavy atom. The van der Waals surface area contributed by atoms with Crippen LogP contribution in [0.4, 0.5) is 11.4 Å². The second-order valence-corrected chi connectivity index (χ2v) is 7.61. The Balaban J connectivity index is 1.55. The third-order valence-corrected chi connectivity index (χ3v) is 5.58. The van der Waals surface area contributed by atoms with Crippen LogP contribution in [0.3, 0.4) is 0 Å². The van der Waals surface area contributed by atoms with Crippen LogP contribution < -0.4 is 15.4 Å². The largest absolute Gasteiger partial charge is 0.417 e. The summed E-state index contributed by atoms with van der Waals surface area (Å²) in [5.41, 5.74) is 2.12. The van der Waals surface area contributed by atoms with Crippen molar-refractivity contribution in [2.45, 2.75) is 4.90 Å². The number of rotatable bonds is 4. The molecule has 8 nitrogen and oxygen atoms in total. The van der Waals surface area contributed by atoms with Crippen molar-refractivity contribution in [2.24, 2.45) is 0 Å². The maximum absolute atomic E-state index is 12.6. The van der Waals surface area contributed by atoms with Crippen molar-refractivity contribution in [1.29, 1.82) is 0 Å². The van der Waals surface area contributed by atoms with E-state index < -0.39 is 15.8 Å². The number of ether oxygens (including phenoxy) is 1. The van der Waals surface area contributed by atoms with Crippen molar-refractivity contribution in [1.82, 2.24) is 4.98 Å². The first-order chi connectivity index (χ1) is 12.5. The van der Waals surface area contributed by atoms with Crippen LogP contribution in [0.5, 0.6) is 0 Å². The Morgan fingerprint density at radius 1 is 1.04 bits per heavy atom. The highest BCUT2D eigenvalue weighted by Crippen LogP contribution is 2.23. The molecule has 1 aliphatic rings. The Labute approximate surface area is 149 Å². The number of nitrogens with one attached hydrogen (secondary N) is 2. The highest BCUT2D eigenvalue weighted by atomic mass is 32.2. The summed E-state index contributed by atoms with van der Waals surface area (Å²) in [6.07, 6.45) is 0. The summed E-state index contributed by atoms with van der Waals surface area (Å²) in [5, 5.41) is 0. The third kappa shape index (κ3) is 3.31. The first kappa shape index (κ1) is 16.7. The van der Waals surface area contributed by atoms with E-state index in [1.54, 1.807) is 12.1 Å². The number of aromatic nitrogens is 1. The number of hydrogen-bond donors (Lipinski definition) is 2. The number of oxazole rings is 1. The molecule has 136 valence electrons. The zero-order valence-electron chi connectivity index (χ0n) is 13.8. The van der Waals surface area contributed by atoms with Crippen LogP contribution in [-0.2, 0) is 14.8 Å². The molecule has 1 fully saturated rings. The summed E-state index contributed by atoms with van der Waals surface area (Å²) in [7, 11) is -3.79. The molecular weight excluding hydrogens is 358 g/mol. The first-order valence-corrected chi connectivity index (χ1v) is 9.58. The Kier molecular flexibility index (Phi) is 4.17. The molecule has 4 rings (SSSR count). The van der Waals surface area contributed by atoms with E-state index >= 15 is 0 Å². The molecule has 26 heavy (non-hydrogen) atoms. The molecule has 0 bridgehead atoms. The van der Waals surface area contributed by atoms with E-state index in [-0.39, 0.29) is 10.5 Å². The SMILES string of the molecule is O=c1[nH]c2ccc(S(=O)(=O)Nc3ccc(N4CCOCC4)cc3)cc2o1. The molecule has 0 amide bonds. The molecule has 0 atom stereocenters. The number of H-pyrrole nitrogens is 1. The van der Waals surface area contributed by atoms with E-state index in [1.807, 2.05) is 12.1 Å². The van der Waals surface area contributed by atoms with Crippen LogP contribution in [0.2, 0.25) is 0 Å². The van der Waals surface area contributed by atoms with Gasteiger partial charge in [0, 0.05) is 30.5 Å². The lowest BCUT2D eigenvalue weighted by molar-refractivity contribution is 0.122. The van der Waals surface area contributed by atoms with Crippen molar-refractivity contribution in [3.63, 3.8) is 0 Å². The molecule has 9 heteroatoms. The van der Waals surface area contributed by atoms with Gasteiger partial charge in [-0.3, -0.25) is 9.71 Å². The lowest BCUT2D eigenvalue weighted by Gasteiger charge is -2.28. The number of hydrogen-bond acceptors (Lipinski definition) is 6. The molecule has 1 aliphatic heterocycles. The van der Waals surface area contributed by atoms with E-state index in [0.717, 1.165) is 18.8 Å². The van der Waals surface area contributed by atoms with Crippen molar-refractivity contribution in [3.05, 3.63) is 53.0 Å². The highest BCUT2D eigenvalue weighted by Gasteiger charge is 2.17. The van der Waals surface area contributed by atoms with Crippen molar-refractivity contribution in [3.8, 4) is 0 Å². The Morgan fingerprint density at radius 3 is 2.50 bits per heavy atom. The van der Waals surface area contributed by atoms with Gasteiger partial charge < -0.3 is 14.1 Å². The molecular formula is C17H17N3O5S. The number of morpholine rings is 1. The fourth-order valence-corrected chi connectivity index (χ4v) is 3.94. The lowest BCUT2D eigenvalue weighted by atomic mass is 10.2. The maximum atomic E-state index is 12.6. The minimum Gasteiger partial charge on any atom is -0.408 e. The smallest absolute Gasteiger partial charge is 0.408 e. The minimum atomic E-state index is -3.79. The standard InChI is InChI=1S/C17H17N3O5S/c21-17-18-15-6-5-14(11-16(15)25-17)26(22,23)19-12-1-3-13(4-2-12)20-7-9-24-10-8-20/h1-6,11,19H,7-10H2,(H,18,21). The Bertz CT molecular complexity index is 1080. The van der Waals surface area contributed by atoms with Gasteiger partial charge in [-0.05, 0) is 36.4 Å². The van der Waals surface area contributed by atoms with Gasteiger partial charge in [-0.1, -0.05) is 0 Å². The number of fused-ring (bicyclic) bond motifs is 1. The van der Waals surface area contributed by atoms with Gasteiger partial charge >= 0.3 is 5.76 Å². The van der Waals surface area contributed by atoms with Crippen LogP contribution in [-0.4, -0.2) is 39.7 Å². The van der Waals surface area contributed by atoms with Gasteiger partial charge in [0.25, 0.3) is 10.0 Å². The van der Waals surface area contributed by atoms with E-state index in [9.17, 15) is 13.2 Å². The molecule has 1 saturated heterocycles. The summed E-state index contributed by atoms with van der Waals surface area (Å²) < 4.78 is 37.9. The van der Waals surface area contributed by atoms with Gasteiger partial charge in [-0.25, -0.2) is 13.2 Å². The second-order valence-electron chi connectivity index (χ2n) is 5.92. The van der Waals surface area contributed by atoms with E-state index in [0.29, 0.717) is 24.4 Å².